The van der Waals surface area contributed by atoms with Crippen LogP contribution in [0.3, 0.4) is 0 Å². The van der Waals surface area contributed by atoms with Gasteiger partial charge in [0, 0.05) is 5.56 Å². The van der Waals surface area contributed by atoms with E-state index in [1.807, 2.05) is 13.0 Å². The molecule has 0 aliphatic heterocycles. The molecule has 1 aromatic heterocycles. The molecule has 7 nitrogen and oxygen atoms in total. The highest BCUT2D eigenvalue weighted by Crippen LogP contribution is 2.26. The molecule has 0 spiro atoms. The fourth-order valence-corrected chi connectivity index (χ4v) is 2.60. The number of hydrogen-bond donors (Lipinski definition) is 2. The van der Waals surface area contributed by atoms with Gasteiger partial charge in [0.2, 0.25) is 0 Å². The van der Waals surface area contributed by atoms with Gasteiger partial charge in [-0.3, -0.25) is 4.79 Å². The Kier molecular flexibility index (Phi) is 5.21. The number of methoxy groups -OCH3 is 2. The predicted octanol–water partition coefficient (Wildman–Crippen LogP) is 3.01. The van der Waals surface area contributed by atoms with Crippen LogP contribution in [-0.4, -0.2) is 30.1 Å². The average Bonchev–Trinajstić information content (AvgIpc) is 2.67. The lowest BCUT2D eigenvalue weighted by Gasteiger charge is -2.11. The summed E-state index contributed by atoms with van der Waals surface area (Å²) in [7, 11) is 3.10. The van der Waals surface area contributed by atoms with Crippen molar-refractivity contribution in [2.75, 3.05) is 19.5 Å². The molecule has 1 amide bonds. The zero-order chi connectivity index (χ0) is 19.4. The van der Waals surface area contributed by atoms with Gasteiger partial charge < -0.3 is 19.8 Å². The molecule has 0 radical (unpaired) electrons. The van der Waals surface area contributed by atoms with Gasteiger partial charge in [-0.2, -0.15) is 4.98 Å². The maximum Gasteiger partial charge on any atom is 0.346 e. The summed E-state index contributed by atoms with van der Waals surface area (Å²) in [6.07, 6.45) is 0. The first-order valence-corrected chi connectivity index (χ1v) is 8.22. The second kappa shape index (κ2) is 7.74. The van der Waals surface area contributed by atoms with Crippen LogP contribution in [0.4, 0.5) is 5.69 Å². The minimum Gasteiger partial charge on any atom is -0.497 e. The third-order valence-electron chi connectivity index (χ3n) is 3.98. The summed E-state index contributed by atoms with van der Waals surface area (Å²) < 4.78 is 10.4. The van der Waals surface area contributed by atoms with Crippen LogP contribution in [0.2, 0.25) is 0 Å². The van der Waals surface area contributed by atoms with Crippen molar-refractivity contribution >= 4 is 11.6 Å². The van der Waals surface area contributed by atoms with E-state index in [0.717, 1.165) is 5.56 Å². The number of ether oxygens (including phenoxy) is 2. The zero-order valence-electron chi connectivity index (χ0n) is 15.2. The molecule has 0 aliphatic rings. The number of amides is 1. The summed E-state index contributed by atoms with van der Waals surface area (Å²) in [5.74, 6) is 0.752. The van der Waals surface area contributed by atoms with Gasteiger partial charge in [-0.25, -0.2) is 4.79 Å². The van der Waals surface area contributed by atoms with Crippen molar-refractivity contribution in [3.8, 4) is 22.8 Å². The van der Waals surface area contributed by atoms with Crippen molar-refractivity contribution in [1.29, 1.82) is 0 Å². The number of carbonyl (C=O) groups excluding carboxylic acids is 1. The largest absolute Gasteiger partial charge is 0.497 e. The molecule has 138 valence electrons. The summed E-state index contributed by atoms with van der Waals surface area (Å²) in [4.78, 5) is 31.0. The van der Waals surface area contributed by atoms with Gasteiger partial charge in [0.05, 0.1) is 25.6 Å². The topological polar surface area (TPSA) is 93.3 Å². The smallest absolute Gasteiger partial charge is 0.346 e. The Morgan fingerprint density at radius 1 is 1.04 bits per heavy atom. The van der Waals surface area contributed by atoms with Crippen LogP contribution in [0.5, 0.6) is 11.5 Å². The molecule has 0 atom stereocenters. The van der Waals surface area contributed by atoms with Crippen molar-refractivity contribution in [1.82, 2.24) is 9.97 Å². The number of carbonyl (C=O) groups is 1. The molecule has 3 rings (SSSR count). The Hall–Kier alpha value is -3.61. The number of anilines is 1. The number of H-pyrrole nitrogens is 1. The third-order valence-corrected chi connectivity index (χ3v) is 3.98. The standard InChI is InChI=1S/C20H19N3O4/c1-12-4-9-18(27-3)16(10-12)21-19(24)17-11-15(22-20(25)23-17)13-5-7-14(26-2)8-6-13/h4-11H,1-3H3,(H,21,24)(H,22,23,25). The molecule has 27 heavy (non-hydrogen) atoms. The molecule has 2 aromatic carbocycles. The Balaban J connectivity index is 1.92. The lowest BCUT2D eigenvalue weighted by molar-refractivity contribution is 0.102. The van der Waals surface area contributed by atoms with Crippen LogP contribution < -0.4 is 20.5 Å². The monoisotopic (exact) mass is 365 g/mol. The quantitative estimate of drug-likeness (QED) is 0.725. The Labute approximate surface area is 156 Å². The van der Waals surface area contributed by atoms with Crippen molar-refractivity contribution in [2.45, 2.75) is 6.92 Å². The second-order valence-corrected chi connectivity index (χ2v) is 5.87. The molecule has 1 heterocycles. The number of hydrogen-bond acceptors (Lipinski definition) is 5. The third kappa shape index (κ3) is 4.14. The molecule has 0 aliphatic carbocycles. The molecule has 0 unspecified atom stereocenters. The summed E-state index contributed by atoms with van der Waals surface area (Å²) in [5, 5.41) is 2.76. The van der Waals surface area contributed by atoms with Gasteiger partial charge in [-0.05, 0) is 55.0 Å². The minimum absolute atomic E-state index is 0.101. The van der Waals surface area contributed by atoms with Gasteiger partial charge in [-0.1, -0.05) is 6.07 Å². The summed E-state index contributed by atoms with van der Waals surface area (Å²) >= 11 is 0. The van der Waals surface area contributed by atoms with Crippen LogP contribution in [0, 0.1) is 6.92 Å². The molecular weight excluding hydrogens is 346 g/mol. The maximum atomic E-state index is 12.6. The molecule has 7 heteroatoms. The second-order valence-electron chi connectivity index (χ2n) is 5.87. The van der Waals surface area contributed by atoms with Crippen LogP contribution >= 0.6 is 0 Å². The number of nitrogens with one attached hydrogen (secondary N) is 2. The Morgan fingerprint density at radius 3 is 2.44 bits per heavy atom. The first-order chi connectivity index (χ1) is 13.0. The van der Waals surface area contributed by atoms with Crippen molar-refractivity contribution < 1.29 is 14.3 Å². The number of benzene rings is 2. The van der Waals surface area contributed by atoms with E-state index >= 15 is 0 Å². The van der Waals surface area contributed by atoms with E-state index in [1.165, 1.54) is 13.2 Å². The maximum absolute atomic E-state index is 12.6. The van der Waals surface area contributed by atoms with Crippen molar-refractivity contribution in [3.05, 3.63) is 70.3 Å². The summed E-state index contributed by atoms with van der Waals surface area (Å²) in [6.45, 7) is 1.91. The number of aromatic nitrogens is 2. The molecular formula is C20H19N3O4. The number of aryl methyl sites for hydroxylation is 1. The molecule has 0 bridgehead atoms. The summed E-state index contributed by atoms with van der Waals surface area (Å²) in [6, 6.07) is 14.0. The van der Waals surface area contributed by atoms with Crippen molar-refractivity contribution in [2.24, 2.45) is 0 Å². The van der Waals surface area contributed by atoms with Crippen LogP contribution in [0.1, 0.15) is 16.1 Å². The zero-order valence-corrected chi connectivity index (χ0v) is 15.2. The van der Waals surface area contributed by atoms with Crippen LogP contribution in [0.15, 0.2) is 53.3 Å². The minimum atomic E-state index is -0.607. The molecule has 2 N–H and O–H groups in total. The number of rotatable bonds is 5. The van der Waals surface area contributed by atoms with Crippen LogP contribution in [0.25, 0.3) is 11.3 Å². The van der Waals surface area contributed by atoms with Gasteiger partial charge in [0.1, 0.15) is 17.2 Å². The number of aromatic amines is 1. The van der Waals surface area contributed by atoms with Gasteiger partial charge in [0.15, 0.2) is 0 Å². The summed E-state index contributed by atoms with van der Waals surface area (Å²) in [5.41, 5.74) is 2.07. The first kappa shape index (κ1) is 18.2. The van der Waals surface area contributed by atoms with Crippen LogP contribution in [-0.2, 0) is 0 Å². The Bertz CT molecular complexity index is 1030. The average molecular weight is 365 g/mol. The Morgan fingerprint density at radius 2 is 1.78 bits per heavy atom. The van der Waals surface area contributed by atoms with Gasteiger partial charge in [0.25, 0.3) is 5.91 Å². The van der Waals surface area contributed by atoms with E-state index in [1.54, 1.807) is 43.5 Å². The van der Waals surface area contributed by atoms with Crippen molar-refractivity contribution in [3.63, 3.8) is 0 Å². The lowest BCUT2D eigenvalue weighted by Crippen LogP contribution is -2.21. The fourth-order valence-electron chi connectivity index (χ4n) is 2.60. The number of nitrogens with zero attached hydrogens (tertiary/aromatic N) is 1. The molecule has 0 saturated heterocycles. The highest BCUT2D eigenvalue weighted by molar-refractivity contribution is 6.04. The molecule has 0 fully saturated rings. The van der Waals surface area contributed by atoms with E-state index < -0.39 is 11.6 Å². The fraction of sp³-hybridized carbons (Fsp3) is 0.150. The van der Waals surface area contributed by atoms with Gasteiger partial charge in [-0.15, -0.1) is 0 Å². The first-order valence-electron chi connectivity index (χ1n) is 8.22. The van der Waals surface area contributed by atoms with E-state index in [9.17, 15) is 9.59 Å². The molecule has 3 aromatic rings. The lowest BCUT2D eigenvalue weighted by atomic mass is 10.1. The highest BCUT2D eigenvalue weighted by Gasteiger charge is 2.13. The van der Waals surface area contributed by atoms with E-state index in [2.05, 4.69) is 15.3 Å². The van der Waals surface area contributed by atoms with E-state index in [0.29, 0.717) is 28.4 Å². The SMILES string of the molecule is COc1ccc(-c2cc(C(=O)Nc3cc(C)ccc3OC)[nH]c(=O)n2)cc1. The normalized spacial score (nSPS) is 10.3. The van der Waals surface area contributed by atoms with Gasteiger partial charge >= 0.3 is 5.69 Å². The van der Waals surface area contributed by atoms with E-state index in [-0.39, 0.29) is 5.69 Å². The highest BCUT2D eigenvalue weighted by atomic mass is 16.5. The van der Waals surface area contributed by atoms with E-state index in [4.69, 9.17) is 9.47 Å². The predicted molar refractivity (Wildman–Crippen MR) is 103 cm³/mol. The molecule has 0 saturated carbocycles.